The van der Waals surface area contributed by atoms with Gasteiger partial charge in [-0.1, -0.05) is 30.3 Å². The van der Waals surface area contributed by atoms with Crippen molar-refractivity contribution in [3.8, 4) is 5.75 Å². The number of nitrogens with one attached hydrogen (secondary N) is 1. The molecule has 27 heavy (non-hydrogen) atoms. The Kier molecular flexibility index (Phi) is 4.65. The summed E-state index contributed by atoms with van der Waals surface area (Å²) in [5, 5.41) is 3.88. The van der Waals surface area contributed by atoms with Gasteiger partial charge in [-0.25, -0.2) is 4.39 Å². The summed E-state index contributed by atoms with van der Waals surface area (Å²) < 4.78 is 19.6. The Balaban J connectivity index is 1.19. The monoisotopic (exact) mass is 365 g/mol. The van der Waals surface area contributed by atoms with Gasteiger partial charge in [0.25, 0.3) is 0 Å². The van der Waals surface area contributed by atoms with E-state index < -0.39 is 0 Å². The average Bonchev–Trinajstić information content (AvgIpc) is 2.67. The molecule has 0 heterocycles. The van der Waals surface area contributed by atoms with Crippen LogP contribution in [0.25, 0.3) is 0 Å². The van der Waals surface area contributed by atoms with Crippen molar-refractivity contribution in [3.63, 3.8) is 0 Å². The summed E-state index contributed by atoms with van der Waals surface area (Å²) in [6.07, 6.45) is 7.26. The van der Waals surface area contributed by atoms with Crippen molar-refractivity contribution in [1.82, 2.24) is 5.32 Å². The maximum absolute atomic E-state index is 13.8. The van der Waals surface area contributed by atoms with Crippen molar-refractivity contribution in [3.05, 3.63) is 65.5 Å². The molecule has 4 aliphatic carbocycles. The maximum Gasteiger partial charge on any atom is 0.129 e. The van der Waals surface area contributed by atoms with E-state index in [4.69, 9.17) is 4.74 Å². The fourth-order valence-electron chi connectivity index (χ4n) is 6.02. The van der Waals surface area contributed by atoms with Crippen molar-refractivity contribution in [1.29, 1.82) is 0 Å². The number of benzene rings is 2. The van der Waals surface area contributed by atoms with E-state index in [-0.39, 0.29) is 12.4 Å². The molecule has 2 aromatic rings. The smallest absolute Gasteiger partial charge is 0.129 e. The Morgan fingerprint density at radius 1 is 0.889 bits per heavy atom. The van der Waals surface area contributed by atoms with Crippen molar-refractivity contribution >= 4 is 0 Å². The first kappa shape index (κ1) is 17.2. The molecule has 4 aliphatic rings. The second-order valence-corrected chi connectivity index (χ2v) is 8.86. The van der Waals surface area contributed by atoms with E-state index in [2.05, 4.69) is 17.4 Å². The lowest BCUT2D eigenvalue weighted by molar-refractivity contribution is -0.0142. The summed E-state index contributed by atoms with van der Waals surface area (Å²) in [6.45, 7) is 1.16. The van der Waals surface area contributed by atoms with E-state index >= 15 is 0 Å². The van der Waals surface area contributed by atoms with Crippen molar-refractivity contribution in [2.24, 2.45) is 23.7 Å². The van der Waals surface area contributed by atoms with E-state index in [0.29, 0.717) is 11.6 Å². The first-order valence-corrected chi connectivity index (χ1v) is 10.4. The molecule has 0 saturated heterocycles. The fourth-order valence-corrected chi connectivity index (χ4v) is 6.02. The summed E-state index contributed by atoms with van der Waals surface area (Å²) in [5.74, 6) is 4.41. The van der Waals surface area contributed by atoms with Crippen LogP contribution < -0.4 is 10.1 Å². The average molecular weight is 365 g/mol. The standard InChI is InChI=1S/C24H28FNO/c25-23-7-2-1-5-19(23)15-27-22-6-3-4-16(13-22)14-26-24-20-9-17-8-18(11-20)12-21(24)10-17/h1-7,13,17-18,20-21,24,26H,8-12,14-15H2. The third-order valence-electron chi connectivity index (χ3n) is 7.02. The highest BCUT2D eigenvalue weighted by atomic mass is 19.1. The molecule has 0 amide bonds. The Morgan fingerprint density at radius 3 is 2.37 bits per heavy atom. The van der Waals surface area contributed by atoms with Gasteiger partial charge in [0.1, 0.15) is 18.2 Å². The van der Waals surface area contributed by atoms with Gasteiger partial charge in [-0.05, 0) is 79.5 Å². The molecule has 0 aromatic heterocycles. The summed E-state index contributed by atoms with van der Waals surface area (Å²) >= 11 is 0. The molecule has 2 aromatic carbocycles. The molecule has 0 spiro atoms. The van der Waals surface area contributed by atoms with Crippen LogP contribution in [0.4, 0.5) is 4.39 Å². The molecule has 0 atom stereocenters. The zero-order valence-corrected chi connectivity index (χ0v) is 15.7. The third kappa shape index (κ3) is 3.62. The van der Waals surface area contributed by atoms with Crippen LogP contribution >= 0.6 is 0 Å². The Hall–Kier alpha value is -1.87. The molecular weight excluding hydrogens is 337 g/mol. The van der Waals surface area contributed by atoms with Gasteiger partial charge in [-0.15, -0.1) is 0 Å². The van der Waals surface area contributed by atoms with Gasteiger partial charge in [0.15, 0.2) is 0 Å². The van der Waals surface area contributed by atoms with Crippen LogP contribution in [0.1, 0.15) is 43.2 Å². The topological polar surface area (TPSA) is 21.3 Å². The Labute approximate surface area is 161 Å². The molecule has 4 fully saturated rings. The first-order valence-electron chi connectivity index (χ1n) is 10.4. The lowest BCUT2D eigenvalue weighted by atomic mass is 9.54. The molecule has 2 nitrogen and oxygen atoms in total. The number of halogens is 1. The minimum atomic E-state index is -0.211. The van der Waals surface area contributed by atoms with Gasteiger partial charge < -0.3 is 10.1 Å². The lowest BCUT2D eigenvalue weighted by Gasteiger charge is -2.54. The lowest BCUT2D eigenvalue weighted by Crippen LogP contribution is -2.54. The van der Waals surface area contributed by atoms with E-state index in [1.54, 1.807) is 12.1 Å². The van der Waals surface area contributed by atoms with E-state index in [1.807, 2.05) is 18.2 Å². The molecule has 0 unspecified atom stereocenters. The Bertz CT molecular complexity index is 776. The number of ether oxygens (including phenoxy) is 1. The fraction of sp³-hybridized carbons (Fsp3) is 0.500. The summed E-state index contributed by atoms with van der Waals surface area (Å²) in [6, 6.07) is 15.7. The predicted octanol–water partition coefficient (Wildman–Crippen LogP) is 5.32. The molecule has 3 heteroatoms. The van der Waals surface area contributed by atoms with Crippen molar-refractivity contribution in [2.75, 3.05) is 0 Å². The van der Waals surface area contributed by atoms with Gasteiger partial charge in [0, 0.05) is 18.2 Å². The van der Waals surface area contributed by atoms with Gasteiger partial charge >= 0.3 is 0 Å². The van der Waals surface area contributed by atoms with Crippen molar-refractivity contribution in [2.45, 2.75) is 51.3 Å². The van der Waals surface area contributed by atoms with Crippen LogP contribution in [0.3, 0.4) is 0 Å². The van der Waals surface area contributed by atoms with E-state index in [0.717, 1.165) is 36.0 Å². The summed E-state index contributed by atoms with van der Waals surface area (Å²) in [7, 11) is 0. The van der Waals surface area contributed by atoms with E-state index in [9.17, 15) is 4.39 Å². The van der Waals surface area contributed by atoms with Crippen LogP contribution in [0.15, 0.2) is 48.5 Å². The number of rotatable bonds is 6. The maximum atomic E-state index is 13.8. The molecular formula is C24H28FNO. The minimum absolute atomic E-state index is 0.211. The molecule has 142 valence electrons. The second-order valence-electron chi connectivity index (χ2n) is 8.86. The zero-order valence-electron chi connectivity index (χ0n) is 15.7. The number of hydrogen-bond acceptors (Lipinski definition) is 2. The predicted molar refractivity (Wildman–Crippen MR) is 105 cm³/mol. The second kappa shape index (κ2) is 7.27. The van der Waals surface area contributed by atoms with Crippen LogP contribution in [0, 0.1) is 29.5 Å². The largest absolute Gasteiger partial charge is 0.489 e. The van der Waals surface area contributed by atoms with Gasteiger partial charge in [-0.2, -0.15) is 0 Å². The number of hydrogen-bond donors (Lipinski definition) is 1. The highest BCUT2D eigenvalue weighted by molar-refractivity contribution is 5.29. The SMILES string of the molecule is Fc1ccccc1COc1cccc(CNC2C3CC4CC(C3)CC2C4)c1. The summed E-state index contributed by atoms with van der Waals surface area (Å²) in [4.78, 5) is 0. The minimum Gasteiger partial charge on any atom is -0.489 e. The van der Waals surface area contributed by atoms with Gasteiger partial charge in [-0.3, -0.25) is 0 Å². The third-order valence-corrected chi connectivity index (χ3v) is 7.02. The van der Waals surface area contributed by atoms with Crippen molar-refractivity contribution < 1.29 is 9.13 Å². The van der Waals surface area contributed by atoms with E-state index in [1.165, 1.54) is 43.7 Å². The molecule has 0 radical (unpaired) electrons. The quantitative estimate of drug-likeness (QED) is 0.748. The van der Waals surface area contributed by atoms with Crippen LogP contribution in [0.5, 0.6) is 5.75 Å². The summed E-state index contributed by atoms with van der Waals surface area (Å²) in [5.41, 5.74) is 1.84. The molecule has 4 bridgehead atoms. The highest BCUT2D eigenvalue weighted by Gasteiger charge is 2.47. The van der Waals surface area contributed by atoms with Crippen LogP contribution in [0.2, 0.25) is 0 Å². The van der Waals surface area contributed by atoms with Crippen LogP contribution in [-0.4, -0.2) is 6.04 Å². The van der Waals surface area contributed by atoms with Gasteiger partial charge in [0.2, 0.25) is 0 Å². The normalized spacial score (nSPS) is 31.2. The highest BCUT2D eigenvalue weighted by Crippen LogP contribution is 2.53. The molecule has 4 saturated carbocycles. The molecule has 0 aliphatic heterocycles. The molecule has 6 rings (SSSR count). The van der Waals surface area contributed by atoms with Gasteiger partial charge in [0.05, 0.1) is 0 Å². The first-order chi connectivity index (χ1) is 13.2. The Morgan fingerprint density at radius 2 is 1.63 bits per heavy atom. The zero-order chi connectivity index (χ0) is 18.2. The van der Waals surface area contributed by atoms with Crippen LogP contribution in [-0.2, 0) is 13.2 Å². The molecule has 1 N–H and O–H groups in total.